The van der Waals surface area contributed by atoms with Crippen molar-refractivity contribution in [2.75, 3.05) is 30.7 Å². The fourth-order valence-electron chi connectivity index (χ4n) is 2.18. The summed E-state index contributed by atoms with van der Waals surface area (Å²) in [4.78, 5) is 12.6. The Bertz CT molecular complexity index is 927. The highest BCUT2D eigenvalue weighted by molar-refractivity contribution is 7.92. The molecule has 1 aromatic carbocycles. The van der Waals surface area contributed by atoms with Crippen LogP contribution in [0.4, 0.5) is 18.9 Å². The van der Waals surface area contributed by atoms with Gasteiger partial charge in [0, 0.05) is 13.7 Å². The van der Waals surface area contributed by atoms with Gasteiger partial charge in [0.15, 0.2) is 5.75 Å². The van der Waals surface area contributed by atoms with Crippen LogP contribution in [-0.4, -0.2) is 57.7 Å². The van der Waals surface area contributed by atoms with Crippen molar-refractivity contribution in [2.45, 2.75) is 13.3 Å². The smallest absolute Gasteiger partial charge is 0.403 e. The van der Waals surface area contributed by atoms with Crippen LogP contribution in [0.25, 0.3) is 0 Å². The molecule has 0 saturated heterocycles. The highest BCUT2D eigenvalue weighted by Gasteiger charge is 2.34. The monoisotopic (exact) mass is 474 g/mol. The molecule has 1 aromatic rings. The number of benzene rings is 1. The number of hydrazone groups is 1. The summed E-state index contributed by atoms with van der Waals surface area (Å²) < 4.78 is 72.9. The van der Waals surface area contributed by atoms with E-state index in [0.717, 1.165) is 12.1 Å². The van der Waals surface area contributed by atoms with Gasteiger partial charge in [0.05, 0.1) is 22.9 Å². The number of carbonyl (C=O) groups excluding carboxylic acids is 1. The number of hydrazine groups is 2. The molecule has 30 heavy (non-hydrogen) atoms. The average Bonchev–Trinajstić information content (AvgIpc) is 3.09. The minimum atomic E-state index is -5.13. The lowest BCUT2D eigenvalue weighted by atomic mass is 10.1. The SMILES string of the molecule is CCN1NNN=C1NC(=O)c1ccc(OC(F)(F)F)c(NS(=O)(=O)CCOC)c1Cl. The number of rotatable bonds is 8. The molecule has 1 aliphatic rings. The number of nitrogens with zero attached hydrogens (tertiary/aromatic N) is 2. The number of ether oxygens (including phenoxy) is 2. The van der Waals surface area contributed by atoms with Gasteiger partial charge in [-0.1, -0.05) is 11.6 Å². The molecule has 168 valence electrons. The van der Waals surface area contributed by atoms with Crippen molar-refractivity contribution >= 4 is 39.2 Å². The van der Waals surface area contributed by atoms with Crippen molar-refractivity contribution in [1.82, 2.24) is 21.4 Å². The largest absolute Gasteiger partial charge is 0.573 e. The van der Waals surface area contributed by atoms with Gasteiger partial charge in [-0.15, -0.1) is 23.8 Å². The number of anilines is 1. The number of halogens is 4. The maximum absolute atomic E-state index is 12.7. The third-order valence-electron chi connectivity index (χ3n) is 3.53. The van der Waals surface area contributed by atoms with E-state index in [-0.39, 0.29) is 18.1 Å². The fraction of sp³-hybridized carbons (Fsp3) is 0.429. The zero-order valence-electron chi connectivity index (χ0n) is 15.6. The summed E-state index contributed by atoms with van der Waals surface area (Å²) in [5.41, 5.74) is 3.96. The van der Waals surface area contributed by atoms with E-state index in [0.29, 0.717) is 6.54 Å². The van der Waals surface area contributed by atoms with E-state index < -0.39 is 44.5 Å². The van der Waals surface area contributed by atoms with E-state index in [1.165, 1.54) is 12.1 Å². The van der Waals surface area contributed by atoms with Gasteiger partial charge >= 0.3 is 6.36 Å². The predicted octanol–water partition coefficient (Wildman–Crippen LogP) is 0.972. The van der Waals surface area contributed by atoms with E-state index in [1.54, 1.807) is 6.92 Å². The second-order valence-corrected chi connectivity index (χ2v) is 7.84. The van der Waals surface area contributed by atoms with Crippen LogP contribution in [0.1, 0.15) is 17.3 Å². The molecule has 0 bridgehead atoms. The molecule has 11 nitrogen and oxygen atoms in total. The van der Waals surface area contributed by atoms with E-state index in [2.05, 4.69) is 31.0 Å². The quantitative estimate of drug-likeness (QED) is 0.438. The second kappa shape index (κ2) is 9.55. The van der Waals surface area contributed by atoms with Gasteiger partial charge in [0.25, 0.3) is 5.91 Å². The Morgan fingerprint density at radius 2 is 2.07 bits per heavy atom. The molecule has 0 fully saturated rings. The van der Waals surface area contributed by atoms with Gasteiger partial charge < -0.3 is 9.47 Å². The number of methoxy groups -OCH3 is 1. The summed E-state index contributed by atoms with van der Waals surface area (Å²) in [5.74, 6) is -2.28. The number of carbonyl (C=O) groups is 1. The van der Waals surface area contributed by atoms with E-state index in [1.807, 2.05) is 4.72 Å². The van der Waals surface area contributed by atoms with Crippen molar-refractivity contribution in [3.05, 3.63) is 22.7 Å². The molecule has 0 aromatic heterocycles. The zero-order valence-corrected chi connectivity index (χ0v) is 17.2. The zero-order chi connectivity index (χ0) is 22.5. The van der Waals surface area contributed by atoms with Crippen LogP contribution in [-0.2, 0) is 14.8 Å². The second-order valence-electron chi connectivity index (χ2n) is 5.62. The lowest BCUT2D eigenvalue weighted by Gasteiger charge is -2.19. The third kappa shape index (κ3) is 6.25. The van der Waals surface area contributed by atoms with Gasteiger partial charge in [0.2, 0.25) is 16.0 Å². The first-order valence-electron chi connectivity index (χ1n) is 8.22. The summed E-state index contributed by atoms with van der Waals surface area (Å²) in [7, 11) is -2.91. The molecule has 0 spiro atoms. The number of guanidine groups is 1. The lowest BCUT2D eigenvalue weighted by molar-refractivity contribution is -0.274. The van der Waals surface area contributed by atoms with Crippen LogP contribution in [0.5, 0.6) is 5.75 Å². The van der Waals surface area contributed by atoms with Gasteiger partial charge in [-0.05, 0) is 19.1 Å². The number of nitrogens with one attached hydrogen (secondary N) is 4. The fourth-order valence-corrected chi connectivity index (χ4v) is 3.53. The van der Waals surface area contributed by atoms with Gasteiger partial charge in [0.1, 0.15) is 5.69 Å². The average molecular weight is 475 g/mol. The molecule has 1 aliphatic heterocycles. The summed E-state index contributed by atoms with van der Waals surface area (Å²) in [6, 6.07) is 1.73. The van der Waals surface area contributed by atoms with Crippen LogP contribution in [0.3, 0.4) is 0 Å². The van der Waals surface area contributed by atoms with E-state index in [9.17, 15) is 26.4 Å². The molecule has 4 N–H and O–H groups in total. The molecule has 0 unspecified atom stereocenters. The highest BCUT2D eigenvalue weighted by atomic mass is 35.5. The van der Waals surface area contributed by atoms with Gasteiger partial charge in [-0.3, -0.25) is 19.8 Å². The molecular weight excluding hydrogens is 457 g/mol. The van der Waals surface area contributed by atoms with Crippen LogP contribution in [0.2, 0.25) is 5.02 Å². The van der Waals surface area contributed by atoms with Crippen molar-refractivity contribution < 1.29 is 35.9 Å². The maximum Gasteiger partial charge on any atom is 0.573 e. The van der Waals surface area contributed by atoms with Crippen LogP contribution >= 0.6 is 11.6 Å². The molecule has 0 aliphatic carbocycles. The highest BCUT2D eigenvalue weighted by Crippen LogP contribution is 2.38. The first-order chi connectivity index (χ1) is 14.0. The Balaban J connectivity index is 2.40. The Morgan fingerprint density at radius 1 is 1.37 bits per heavy atom. The minimum Gasteiger partial charge on any atom is -0.403 e. The molecule has 0 saturated carbocycles. The number of amides is 1. The van der Waals surface area contributed by atoms with Gasteiger partial charge in [-0.25, -0.2) is 14.0 Å². The van der Waals surface area contributed by atoms with Crippen LogP contribution in [0, 0.1) is 0 Å². The molecule has 2 rings (SSSR count). The molecule has 0 radical (unpaired) electrons. The van der Waals surface area contributed by atoms with Crippen molar-refractivity contribution in [3.63, 3.8) is 0 Å². The number of hydrogen-bond donors (Lipinski definition) is 4. The Kier molecular flexibility index (Phi) is 7.57. The Morgan fingerprint density at radius 3 is 2.67 bits per heavy atom. The maximum atomic E-state index is 12.7. The summed E-state index contributed by atoms with van der Waals surface area (Å²) >= 11 is 6.08. The first-order valence-corrected chi connectivity index (χ1v) is 10.3. The summed E-state index contributed by atoms with van der Waals surface area (Å²) in [6.45, 7) is 1.93. The topological polar surface area (TPSA) is 133 Å². The molecule has 16 heteroatoms. The Labute approximate surface area is 174 Å². The normalized spacial score (nSPS) is 14.2. The molecule has 0 atom stereocenters. The first kappa shape index (κ1) is 23.8. The number of hydrogen-bond acceptors (Lipinski definition) is 9. The number of sulfonamides is 1. The molecule has 1 heterocycles. The minimum absolute atomic E-state index is 0.0661. The standard InChI is InChI=1S/C14H18ClF3N6O5S/c1-3-24-13(20-22-23-24)19-12(25)8-4-5-9(29-14(16,17)18)11(10(8)15)21-30(26,27)7-6-28-2/h4-5,21-23H,3,6-7H2,1-2H3,(H,19,20,25). The van der Waals surface area contributed by atoms with Crippen LogP contribution in [0.15, 0.2) is 17.2 Å². The Hall–Kier alpha value is -2.49. The number of alkyl halides is 3. The van der Waals surface area contributed by atoms with Crippen molar-refractivity contribution in [3.8, 4) is 5.75 Å². The van der Waals surface area contributed by atoms with Crippen LogP contribution < -0.4 is 25.8 Å². The van der Waals surface area contributed by atoms with Gasteiger partial charge in [-0.2, -0.15) is 0 Å². The predicted molar refractivity (Wildman–Crippen MR) is 101 cm³/mol. The van der Waals surface area contributed by atoms with Crippen molar-refractivity contribution in [1.29, 1.82) is 0 Å². The third-order valence-corrected chi connectivity index (χ3v) is 5.14. The van der Waals surface area contributed by atoms with E-state index >= 15 is 0 Å². The molecular formula is C14H18ClF3N6O5S. The summed E-state index contributed by atoms with van der Waals surface area (Å²) in [5, 5.41) is 6.99. The van der Waals surface area contributed by atoms with E-state index in [4.69, 9.17) is 11.6 Å². The summed E-state index contributed by atoms with van der Waals surface area (Å²) in [6.07, 6.45) is -5.13. The van der Waals surface area contributed by atoms with Crippen molar-refractivity contribution in [2.24, 2.45) is 5.10 Å². The molecule has 1 amide bonds. The lowest BCUT2D eigenvalue weighted by Crippen LogP contribution is -2.47.